The second kappa shape index (κ2) is 6.98. The molecule has 0 spiro atoms. The molecule has 0 saturated carbocycles. The van der Waals surface area contributed by atoms with E-state index < -0.39 is 5.97 Å². The number of piperidine rings is 1. The van der Waals surface area contributed by atoms with Gasteiger partial charge in [-0.05, 0) is 30.9 Å². The highest BCUT2D eigenvalue weighted by molar-refractivity contribution is 5.95. The average Bonchev–Trinajstić information content (AvgIpc) is 2.60. The fraction of sp³-hybridized carbons (Fsp3) is 0.529. The van der Waals surface area contributed by atoms with Gasteiger partial charge in [-0.1, -0.05) is 0 Å². The summed E-state index contributed by atoms with van der Waals surface area (Å²) in [5.41, 5.74) is 0.493. The van der Waals surface area contributed by atoms with E-state index in [9.17, 15) is 9.59 Å². The summed E-state index contributed by atoms with van der Waals surface area (Å²) in [6, 6.07) is 3.35. The number of amides is 1. The number of fused-ring (bicyclic) bond motifs is 1. The van der Waals surface area contributed by atoms with Crippen molar-refractivity contribution in [2.24, 2.45) is 5.92 Å². The summed E-state index contributed by atoms with van der Waals surface area (Å²) in [7, 11) is 1.53. The molecule has 7 nitrogen and oxygen atoms in total. The van der Waals surface area contributed by atoms with E-state index in [4.69, 9.17) is 19.3 Å². The monoisotopic (exact) mass is 335 g/mol. The molecule has 2 aliphatic rings. The molecule has 1 aromatic rings. The van der Waals surface area contributed by atoms with Crippen LogP contribution in [0.15, 0.2) is 12.1 Å². The van der Waals surface area contributed by atoms with Crippen LogP contribution in [0.3, 0.4) is 0 Å². The van der Waals surface area contributed by atoms with Crippen molar-refractivity contribution in [1.82, 2.24) is 4.90 Å². The maximum atomic E-state index is 12.7. The van der Waals surface area contributed by atoms with Gasteiger partial charge in [-0.15, -0.1) is 0 Å². The van der Waals surface area contributed by atoms with Crippen molar-refractivity contribution in [3.63, 3.8) is 0 Å². The first-order valence-electron chi connectivity index (χ1n) is 8.07. The van der Waals surface area contributed by atoms with Crippen LogP contribution in [-0.4, -0.2) is 55.3 Å². The van der Waals surface area contributed by atoms with Crippen molar-refractivity contribution in [3.05, 3.63) is 17.7 Å². The Hall–Kier alpha value is -2.44. The lowest BCUT2D eigenvalue weighted by Gasteiger charge is -2.31. The van der Waals surface area contributed by atoms with Crippen molar-refractivity contribution >= 4 is 11.9 Å². The fourth-order valence-electron chi connectivity index (χ4n) is 3.17. The van der Waals surface area contributed by atoms with Gasteiger partial charge in [0.1, 0.15) is 13.2 Å². The lowest BCUT2D eigenvalue weighted by atomic mass is 9.93. The molecule has 2 aliphatic heterocycles. The number of hydrogen-bond donors (Lipinski definition) is 1. The molecule has 0 radical (unpaired) electrons. The number of rotatable bonds is 4. The molecule has 0 aromatic heterocycles. The summed E-state index contributed by atoms with van der Waals surface area (Å²) in [4.78, 5) is 25.3. The van der Waals surface area contributed by atoms with Gasteiger partial charge in [-0.2, -0.15) is 0 Å². The summed E-state index contributed by atoms with van der Waals surface area (Å²) >= 11 is 0. The van der Waals surface area contributed by atoms with E-state index in [1.807, 2.05) is 0 Å². The molecule has 2 heterocycles. The third-order valence-electron chi connectivity index (χ3n) is 4.44. The lowest BCUT2D eigenvalue weighted by molar-refractivity contribution is -0.138. The highest BCUT2D eigenvalue weighted by atomic mass is 16.6. The van der Waals surface area contributed by atoms with E-state index in [1.54, 1.807) is 17.0 Å². The smallest absolute Gasteiger partial charge is 0.303 e. The molecular formula is C17H21NO6. The summed E-state index contributed by atoms with van der Waals surface area (Å²) < 4.78 is 16.4. The van der Waals surface area contributed by atoms with Gasteiger partial charge in [0, 0.05) is 25.1 Å². The average molecular weight is 335 g/mol. The van der Waals surface area contributed by atoms with Gasteiger partial charge >= 0.3 is 5.97 Å². The third-order valence-corrected chi connectivity index (χ3v) is 4.44. The van der Waals surface area contributed by atoms with Gasteiger partial charge in [0.2, 0.25) is 5.75 Å². The summed E-state index contributed by atoms with van der Waals surface area (Å²) in [5, 5.41) is 8.87. The van der Waals surface area contributed by atoms with Crippen LogP contribution < -0.4 is 14.2 Å². The number of hydrogen-bond acceptors (Lipinski definition) is 5. The Labute approximate surface area is 140 Å². The van der Waals surface area contributed by atoms with Gasteiger partial charge in [0.05, 0.1) is 7.11 Å². The second-order valence-electron chi connectivity index (χ2n) is 6.04. The molecule has 24 heavy (non-hydrogen) atoms. The van der Waals surface area contributed by atoms with Crippen LogP contribution in [0.2, 0.25) is 0 Å². The molecule has 0 atom stereocenters. The van der Waals surface area contributed by atoms with E-state index in [2.05, 4.69) is 0 Å². The number of carboxylic acid groups (broad SMARTS) is 1. The van der Waals surface area contributed by atoms with E-state index in [1.165, 1.54) is 7.11 Å². The first kappa shape index (κ1) is 16.4. The molecule has 7 heteroatoms. The molecule has 130 valence electrons. The predicted octanol–water partition coefficient (Wildman–Crippen LogP) is 1.79. The van der Waals surface area contributed by atoms with Gasteiger partial charge in [-0.3, -0.25) is 9.59 Å². The third kappa shape index (κ3) is 3.39. The molecular weight excluding hydrogens is 314 g/mol. The number of ether oxygens (including phenoxy) is 3. The van der Waals surface area contributed by atoms with E-state index in [0.717, 1.165) is 0 Å². The zero-order valence-electron chi connectivity index (χ0n) is 13.6. The Balaban J connectivity index is 1.73. The van der Waals surface area contributed by atoms with Crippen molar-refractivity contribution in [2.75, 3.05) is 33.4 Å². The number of carbonyl (C=O) groups excluding carboxylic acids is 1. The molecule has 0 aliphatic carbocycles. The maximum absolute atomic E-state index is 12.7. The zero-order chi connectivity index (χ0) is 17.1. The number of carbonyl (C=O) groups is 2. The summed E-state index contributed by atoms with van der Waals surface area (Å²) in [6.45, 7) is 2.02. The molecule has 1 saturated heterocycles. The molecule has 3 rings (SSSR count). The largest absolute Gasteiger partial charge is 0.493 e. The minimum Gasteiger partial charge on any atom is -0.493 e. The van der Waals surface area contributed by atoms with Gasteiger partial charge < -0.3 is 24.2 Å². The standard InChI is InChI=1S/C17H21NO6/c1-22-13-9-12(10-14-16(13)24-7-6-23-14)17(21)18-4-2-11(3-5-18)8-15(19)20/h9-11H,2-8H2,1H3,(H,19,20). The zero-order valence-corrected chi connectivity index (χ0v) is 13.6. The van der Waals surface area contributed by atoms with E-state index in [-0.39, 0.29) is 18.2 Å². The molecule has 0 unspecified atom stereocenters. The Morgan fingerprint density at radius 3 is 2.62 bits per heavy atom. The Bertz CT molecular complexity index is 619. The fourth-order valence-corrected chi connectivity index (χ4v) is 3.17. The first-order valence-corrected chi connectivity index (χ1v) is 8.07. The Morgan fingerprint density at radius 1 is 1.25 bits per heavy atom. The minimum atomic E-state index is -0.781. The van der Waals surface area contributed by atoms with Crippen LogP contribution in [0, 0.1) is 5.92 Å². The minimum absolute atomic E-state index is 0.0981. The predicted molar refractivity (Wildman–Crippen MR) is 84.9 cm³/mol. The van der Waals surface area contributed by atoms with E-state index in [0.29, 0.717) is 62.0 Å². The summed E-state index contributed by atoms with van der Waals surface area (Å²) in [5.74, 6) is 0.790. The van der Waals surface area contributed by atoms with Crippen LogP contribution in [0.5, 0.6) is 17.2 Å². The first-order chi connectivity index (χ1) is 11.6. The molecule has 1 fully saturated rings. The number of aliphatic carboxylic acids is 1. The Morgan fingerprint density at radius 2 is 1.96 bits per heavy atom. The van der Waals surface area contributed by atoms with E-state index >= 15 is 0 Å². The van der Waals surface area contributed by atoms with Crippen LogP contribution in [0.25, 0.3) is 0 Å². The van der Waals surface area contributed by atoms with Gasteiger partial charge in [-0.25, -0.2) is 0 Å². The highest BCUT2D eigenvalue weighted by Gasteiger charge is 2.27. The second-order valence-corrected chi connectivity index (χ2v) is 6.04. The number of nitrogens with zero attached hydrogens (tertiary/aromatic N) is 1. The normalized spacial score (nSPS) is 17.5. The highest BCUT2D eigenvalue weighted by Crippen LogP contribution is 2.40. The van der Waals surface area contributed by atoms with Crippen LogP contribution >= 0.6 is 0 Å². The van der Waals surface area contributed by atoms with Crippen LogP contribution in [-0.2, 0) is 4.79 Å². The number of carboxylic acids is 1. The molecule has 1 N–H and O–H groups in total. The maximum Gasteiger partial charge on any atom is 0.303 e. The van der Waals surface area contributed by atoms with Crippen molar-refractivity contribution in [2.45, 2.75) is 19.3 Å². The van der Waals surface area contributed by atoms with Gasteiger partial charge in [0.15, 0.2) is 11.5 Å². The number of methoxy groups -OCH3 is 1. The topological polar surface area (TPSA) is 85.3 Å². The lowest BCUT2D eigenvalue weighted by Crippen LogP contribution is -2.39. The van der Waals surface area contributed by atoms with Crippen molar-refractivity contribution in [3.8, 4) is 17.2 Å². The number of likely N-dealkylation sites (tertiary alicyclic amines) is 1. The van der Waals surface area contributed by atoms with Crippen LogP contribution in [0.4, 0.5) is 0 Å². The SMILES string of the molecule is COc1cc(C(=O)N2CCC(CC(=O)O)CC2)cc2c1OCCO2. The molecule has 1 amide bonds. The number of benzene rings is 1. The summed E-state index contributed by atoms with van der Waals surface area (Å²) in [6.07, 6.45) is 1.58. The quantitative estimate of drug-likeness (QED) is 0.903. The molecule has 1 aromatic carbocycles. The van der Waals surface area contributed by atoms with Crippen molar-refractivity contribution in [1.29, 1.82) is 0 Å². The molecule has 0 bridgehead atoms. The van der Waals surface area contributed by atoms with Crippen molar-refractivity contribution < 1.29 is 28.9 Å². The Kier molecular flexibility index (Phi) is 4.78. The van der Waals surface area contributed by atoms with Gasteiger partial charge in [0.25, 0.3) is 5.91 Å². The van der Waals surface area contributed by atoms with Crippen LogP contribution in [0.1, 0.15) is 29.6 Å².